The summed E-state index contributed by atoms with van der Waals surface area (Å²) in [4.78, 5) is 3.78. The second-order valence-electron chi connectivity index (χ2n) is 3.33. The van der Waals surface area contributed by atoms with Crippen LogP contribution in [-0.4, -0.2) is 16.1 Å². The van der Waals surface area contributed by atoms with Gasteiger partial charge in [-0.1, -0.05) is 0 Å². The maximum Gasteiger partial charge on any atom is 0.433 e. The van der Waals surface area contributed by atoms with Gasteiger partial charge in [0.2, 0.25) is 0 Å². The number of fused-ring (bicyclic) bond motifs is 1. The van der Waals surface area contributed by atoms with E-state index in [0.29, 0.717) is 18.9 Å². The lowest BCUT2D eigenvalue weighted by Gasteiger charge is -2.23. The minimum Gasteiger partial charge on any atom is -0.322 e. The number of hydrogen-bond acceptors (Lipinski definition) is 2. The van der Waals surface area contributed by atoms with E-state index in [2.05, 4.69) is 10.3 Å². The summed E-state index contributed by atoms with van der Waals surface area (Å²) in [7, 11) is 0. The number of nitrogens with zero attached hydrogens (tertiary/aromatic N) is 2. The highest BCUT2D eigenvalue weighted by Gasteiger charge is 2.37. The standard InChI is InChI=1S/C8H10F3N3/c1-5-7-13-4-6(8(9,10)11)14(7)3-2-12-5/h4-5,12H,2-3H2,1H3/t5-/m1/s1. The maximum absolute atomic E-state index is 12.5. The Labute approximate surface area is 78.9 Å². The van der Waals surface area contributed by atoms with Crippen LogP contribution >= 0.6 is 0 Å². The van der Waals surface area contributed by atoms with E-state index in [0.717, 1.165) is 6.20 Å². The largest absolute Gasteiger partial charge is 0.433 e. The summed E-state index contributed by atoms with van der Waals surface area (Å²) >= 11 is 0. The van der Waals surface area contributed by atoms with E-state index in [1.165, 1.54) is 4.57 Å². The third-order valence-electron chi connectivity index (χ3n) is 2.35. The molecule has 0 radical (unpaired) electrons. The second-order valence-corrected chi connectivity index (χ2v) is 3.33. The SMILES string of the molecule is C[C@H]1NCCn2c(C(F)(F)F)cnc21. The fraction of sp³-hybridized carbons (Fsp3) is 0.625. The van der Waals surface area contributed by atoms with Gasteiger partial charge in [0, 0.05) is 13.1 Å². The fourth-order valence-electron chi connectivity index (χ4n) is 1.68. The van der Waals surface area contributed by atoms with Crippen molar-refractivity contribution in [3.05, 3.63) is 17.7 Å². The van der Waals surface area contributed by atoms with Crippen LogP contribution in [0.1, 0.15) is 24.5 Å². The first kappa shape index (κ1) is 9.51. The topological polar surface area (TPSA) is 29.9 Å². The monoisotopic (exact) mass is 205 g/mol. The van der Waals surface area contributed by atoms with E-state index in [1.807, 2.05) is 0 Å². The van der Waals surface area contributed by atoms with Crippen LogP contribution in [0, 0.1) is 0 Å². The van der Waals surface area contributed by atoms with Crippen LogP contribution < -0.4 is 5.32 Å². The molecular weight excluding hydrogens is 195 g/mol. The van der Waals surface area contributed by atoms with Crippen molar-refractivity contribution in [3.63, 3.8) is 0 Å². The Morgan fingerprint density at radius 3 is 2.93 bits per heavy atom. The molecule has 0 aromatic carbocycles. The Bertz CT molecular complexity index is 342. The van der Waals surface area contributed by atoms with Crippen molar-refractivity contribution in [3.8, 4) is 0 Å². The molecule has 0 amide bonds. The lowest BCUT2D eigenvalue weighted by atomic mass is 10.2. The quantitative estimate of drug-likeness (QED) is 0.696. The number of imidazole rings is 1. The van der Waals surface area contributed by atoms with Gasteiger partial charge in [-0.3, -0.25) is 0 Å². The Kier molecular flexibility index (Phi) is 2.02. The molecule has 78 valence electrons. The molecule has 1 N–H and O–H groups in total. The highest BCUT2D eigenvalue weighted by atomic mass is 19.4. The van der Waals surface area contributed by atoms with Crippen LogP contribution in [0.3, 0.4) is 0 Å². The lowest BCUT2D eigenvalue weighted by Crippen LogP contribution is -2.33. The first-order chi connectivity index (χ1) is 6.50. The average Bonchev–Trinajstić information content (AvgIpc) is 2.47. The summed E-state index contributed by atoms with van der Waals surface area (Å²) in [6.07, 6.45) is -3.40. The van der Waals surface area contributed by atoms with Crippen LogP contribution in [-0.2, 0) is 12.7 Å². The molecule has 0 unspecified atom stereocenters. The Balaban J connectivity index is 2.46. The highest BCUT2D eigenvalue weighted by Crippen LogP contribution is 2.31. The molecule has 1 aliphatic heterocycles. The number of nitrogens with one attached hydrogen (secondary N) is 1. The minimum absolute atomic E-state index is 0.111. The molecule has 2 rings (SSSR count). The molecule has 0 bridgehead atoms. The lowest BCUT2D eigenvalue weighted by molar-refractivity contribution is -0.143. The van der Waals surface area contributed by atoms with Gasteiger partial charge in [0.1, 0.15) is 11.5 Å². The van der Waals surface area contributed by atoms with Crippen LogP contribution in [0.25, 0.3) is 0 Å². The smallest absolute Gasteiger partial charge is 0.322 e. The van der Waals surface area contributed by atoms with Crippen molar-refractivity contribution in [1.82, 2.24) is 14.9 Å². The first-order valence-corrected chi connectivity index (χ1v) is 4.36. The first-order valence-electron chi connectivity index (χ1n) is 4.36. The molecule has 6 heteroatoms. The van der Waals surface area contributed by atoms with Crippen molar-refractivity contribution in [2.24, 2.45) is 0 Å². The van der Waals surface area contributed by atoms with Gasteiger partial charge in [0.15, 0.2) is 0 Å². The number of rotatable bonds is 0. The van der Waals surface area contributed by atoms with Gasteiger partial charge in [-0.15, -0.1) is 0 Å². The zero-order valence-corrected chi connectivity index (χ0v) is 7.60. The van der Waals surface area contributed by atoms with Crippen molar-refractivity contribution < 1.29 is 13.2 Å². The zero-order valence-electron chi connectivity index (χ0n) is 7.60. The molecule has 0 saturated heterocycles. The van der Waals surface area contributed by atoms with Crippen LogP contribution in [0.2, 0.25) is 0 Å². The number of aromatic nitrogens is 2. The maximum atomic E-state index is 12.5. The Morgan fingerprint density at radius 2 is 2.29 bits per heavy atom. The van der Waals surface area contributed by atoms with Crippen LogP contribution in [0.15, 0.2) is 6.20 Å². The van der Waals surface area contributed by atoms with Gasteiger partial charge in [-0.2, -0.15) is 13.2 Å². The van der Waals surface area contributed by atoms with E-state index in [9.17, 15) is 13.2 Å². The number of halogens is 3. The van der Waals surface area contributed by atoms with Gasteiger partial charge in [0.25, 0.3) is 0 Å². The van der Waals surface area contributed by atoms with Gasteiger partial charge in [-0.05, 0) is 6.92 Å². The van der Waals surface area contributed by atoms with Crippen molar-refractivity contribution in [1.29, 1.82) is 0 Å². The zero-order chi connectivity index (χ0) is 10.3. The molecule has 0 saturated carbocycles. The molecule has 1 aromatic heterocycles. The van der Waals surface area contributed by atoms with E-state index >= 15 is 0 Å². The molecule has 14 heavy (non-hydrogen) atoms. The molecule has 1 aromatic rings. The number of hydrogen-bond donors (Lipinski definition) is 1. The third-order valence-corrected chi connectivity index (χ3v) is 2.35. The Hall–Kier alpha value is -1.04. The van der Waals surface area contributed by atoms with Gasteiger partial charge in [-0.25, -0.2) is 4.98 Å². The molecular formula is C8H10F3N3. The summed E-state index contributed by atoms with van der Waals surface area (Å²) < 4.78 is 38.6. The minimum atomic E-state index is -4.30. The van der Waals surface area contributed by atoms with Gasteiger partial charge < -0.3 is 9.88 Å². The summed E-state index contributed by atoms with van der Waals surface area (Å²) in [5.74, 6) is 0.462. The van der Waals surface area contributed by atoms with E-state index < -0.39 is 11.9 Å². The van der Waals surface area contributed by atoms with Gasteiger partial charge in [0.05, 0.1) is 12.2 Å². The van der Waals surface area contributed by atoms with Crippen molar-refractivity contribution >= 4 is 0 Å². The molecule has 3 nitrogen and oxygen atoms in total. The van der Waals surface area contributed by atoms with E-state index in [-0.39, 0.29) is 6.04 Å². The normalized spacial score (nSPS) is 22.1. The predicted octanol–water partition coefficient (Wildman–Crippen LogP) is 1.57. The van der Waals surface area contributed by atoms with E-state index in [1.54, 1.807) is 6.92 Å². The Morgan fingerprint density at radius 1 is 1.57 bits per heavy atom. The summed E-state index contributed by atoms with van der Waals surface area (Å²) in [6, 6.07) is -0.111. The predicted molar refractivity (Wildman–Crippen MR) is 43.6 cm³/mol. The van der Waals surface area contributed by atoms with E-state index in [4.69, 9.17) is 0 Å². The summed E-state index contributed by atoms with van der Waals surface area (Å²) in [5, 5.41) is 3.05. The second kappa shape index (κ2) is 2.98. The molecule has 0 fully saturated rings. The summed E-state index contributed by atoms with van der Waals surface area (Å²) in [5.41, 5.74) is -0.652. The van der Waals surface area contributed by atoms with Gasteiger partial charge >= 0.3 is 6.18 Å². The van der Waals surface area contributed by atoms with Crippen LogP contribution in [0.4, 0.5) is 13.2 Å². The third kappa shape index (κ3) is 1.39. The molecule has 0 spiro atoms. The van der Waals surface area contributed by atoms with Crippen molar-refractivity contribution in [2.45, 2.75) is 25.7 Å². The molecule has 1 atom stereocenters. The molecule has 0 aliphatic carbocycles. The molecule has 2 heterocycles. The fourth-order valence-corrected chi connectivity index (χ4v) is 1.68. The number of alkyl halides is 3. The average molecular weight is 205 g/mol. The highest BCUT2D eigenvalue weighted by molar-refractivity contribution is 5.13. The molecule has 1 aliphatic rings. The van der Waals surface area contributed by atoms with Crippen molar-refractivity contribution in [2.75, 3.05) is 6.54 Å². The van der Waals surface area contributed by atoms with Crippen LogP contribution in [0.5, 0.6) is 0 Å². The summed E-state index contributed by atoms with van der Waals surface area (Å²) in [6.45, 7) is 2.68.